The fourth-order valence-corrected chi connectivity index (χ4v) is 3.81. The second-order valence-electron chi connectivity index (χ2n) is 8.05. The zero-order valence-corrected chi connectivity index (χ0v) is 19.6. The van der Waals surface area contributed by atoms with Gasteiger partial charge in [0.2, 0.25) is 0 Å². The topological polar surface area (TPSA) is 92.4 Å². The summed E-state index contributed by atoms with van der Waals surface area (Å²) in [5, 5.41) is 0. The number of amides is 1. The van der Waals surface area contributed by atoms with Crippen LogP contribution in [0, 0.1) is 20.8 Å². The van der Waals surface area contributed by atoms with E-state index in [-0.39, 0.29) is 30.5 Å². The molecule has 33 heavy (non-hydrogen) atoms. The number of H-pyrrole nitrogens is 1. The van der Waals surface area contributed by atoms with E-state index in [1.807, 2.05) is 25.1 Å². The Balaban J connectivity index is 1.98. The number of ketones is 1. The molecule has 0 saturated carbocycles. The smallest absolute Gasteiger partial charge is 0.355 e. The number of aromatic amines is 1. The van der Waals surface area contributed by atoms with Gasteiger partial charge in [0.05, 0.1) is 12.6 Å². The summed E-state index contributed by atoms with van der Waals surface area (Å²) in [7, 11) is 0. The molecule has 172 valence electrons. The lowest BCUT2D eigenvalue weighted by Gasteiger charge is -2.29. The van der Waals surface area contributed by atoms with E-state index in [1.54, 1.807) is 63.2 Å². The number of aromatic nitrogens is 2. The van der Waals surface area contributed by atoms with E-state index in [9.17, 15) is 14.4 Å². The van der Waals surface area contributed by atoms with Gasteiger partial charge in [-0.1, -0.05) is 23.8 Å². The van der Waals surface area contributed by atoms with E-state index in [4.69, 9.17) is 4.74 Å². The molecule has 2 aromatic heterocycles. The van der Waals surface area contributed by atoms with Crippen molar-refractivity contribution in [1.82, 2.24) is 14.9 Å². The number of rotatable bonds is 8. The summed E-state index contributed by atoms with van der Waals surface area (Å²) in [5.74, 6) is -1.01. The van der Waals surface area contributed by atoms with Crippen LogP contribution in [0.15, 0.2) is 48.8 Å². The maximum atomic E-state index is 13.6. The molecule has 1 atom stereocenters. The van der Waals surface area contributed by atoms with Gasteiger partial charge in [-0.15, -0.1) is 0 Å². The number of Topliss-reactive ketones (excluding diaryl/α,β-unsaturated/α-hetero) is 1. The number of nitrogens with one attached hydrogen (secondary N) is 1. The first-order valence-electron chi connectivity index (χ1n) is 10.9. The summed E-state index contributed by atoms with van der Waals surface area (Å²) in [6, 6.07) is 10.1. The van der Waals surface area contributed by atoms with Crippen molar-refractivity contribution >= 4 is 17.7 Å². The molecular formula is C26H29N3O4. The van der Waals surface area contributed by atoms with E-state index < -0.39 is 12.0 Å². The van der Waals surface area contributed by atoms with Crippen molar-refractivity contribution in [2.24, 2.45) is 0 Å². The van der Waals surface area contributed by atoms with Crippen LogP contribution in [0.3, 0.4) is 0 Å². The number of aryl methyl sites for hydroxylation is 2. The van der Waals surface area contributed by atoms with Crippen molar-refractivity contribution in [3.63, 3.8) is 0 Å². The SMILES string of the molecule is CCOC(=O)c1[nH]c(C)c(C(=O)C(C)N(Cc2cccnc2)C(=O)c2ccc(C)cc2)c1C. The average Bonchev–Trinajstić information content (AvgIpc) is 3.11. The molecule has 1 amide bonds. The molecule has 2 heterocycles. The number of esters is 1. The third kappa shape index (κ3) is 5.19. The summed E-state index contributed by atoms with van der Waals surface area (Å²) in [4.78, 5) is 48.0. The Bertz CT molecular complexity index is 1150. The summed E-state index contributed by atoms with van der Waals surface area (Å²) in [6.07, 6.45) is 3.34. The molecule has 7 nitrogen and oxygen atoms in total. The van der Waals surface area contributed by atoms with Crippen LogP contribution in [0.5, 0.6) is 0 Å². The van der Waals surface area contributed by atoms with Crippen molar-refractivity contribution in [3.05, 3.63) is 88.0 Å². The Kier molecular flexibility index (Phi) is 7.43. The summed E-state index contributed by atoms with van der Waals surface area (Å²) in [5.41, 5.74) is 4.10. The predicted octanol–water partition coefficient (Wildman–Crippen LogP) is 4.43. The number of ether oxygens (including phenoxy) is 1. The molecule has 0 aliphatic carbocycles. The number of hydrogen-bond acceptors (Lipinski definition) is 5. The Morgan fingerprint density at radius 2 is 1.79 bits per heavy atom. The molecule has 3 aromatic rings. The highest BCUT2D eigenvalue weighted by molar-refractivity contribution is 6.07. The molecule has 0 radical (unpaired) electrons. The third-order valence-electron chi connectivity index (χ3n) is 5.65. The summed E-state index contributed by atoms with van der Waals surface area (Å²) >= 11 is 0. The number of nitrogens with zero attached hydrogens (tertiary/aromatic N) is 2. The minimum absolute atomic E-state index is 0.223. The molecule has 3 rings (SSSR count). The van der Waals surface area contributed by atoms with Gasteiger partial charge < -0.3 is 14.6 Å². The predicted molar refractivity (Wildman–Crippen MR) is 125 cm³/mol. The number of carbonyl (C=O) groups excluding carboxylic acids is 3. The zero-order valence-electron chi connectivity index (χ0n) is 19.6. The Hall–Kier alpha value is -3.74. The van der Waals surface area contributed by atoms with Crippen LogP contribution in [-0.4, -0.2) is 45.2 Å². The lowest BCUT2D eigenvalue weighted by molar-refractivity contribution is 0.0518. The highest BCUT2D eigenvalue weighted by atomic mass is 16.5. The largest absolute Gasteiger partial charge is 0.461 e. The van der Waals surface area contributed by atoms with Gasteiger partial charge in [-0.05, 0) is 63.9 Å². The van der Waals surface area contributed by atoms with Crippen molar-refractivity contribution < 1.29 is 19.1 Å². The van der Waals surface area contributed by atoms with E-state index in [1.165, 1.54) is 0 Å². The highest BCUT2D eigenvalue weighted by Crippen LogP contribution is 2.24. The monoisotopic (exact) mass is 447 g/mol. The van der Waals surface area contributed by atoms with Gasteiger partial charge in [0, 0.05) is 35.8 Å². The van der Waals surface area contributed by atoms with Crippen molar-refractivity contribution in [2.75, 3.05) is 6.61 Å². The van der Waals surface area contributed by atoms with Crippen molar-refractivity contribution in [2.45, 2.75) is 47.2 Å². The minimum Gasteiger partial charge on any atom is -0.461 e. The molecule has 0 aliphatic heterocycles. The Labute approximate surface area is 193 Å². The quantitative estimate of drug-likeness (QED) is 0.407. The van der Waals surface area contributed by atoms with Crippen LogP contribution < -0.4 is 0 Å². The lowest BCUT2D eigenvalue weighted by Crippen LogP contribution is -2.43. The fraction of sp³-hybridized carbons (Fsp3) is 0.308. The standard InChI is InChI=1S/C26H29N3O4/c1-6-33-26(32)23-17(3)22(18(4)28-23)24(30)19(5)29(15-20-8-7-13-27-14-20)25(31)21-11-9-16(2)10-12-21/h7-14,19,28H,6,15H2,1-5H3. The van der Waals surface area contributed by atoms with Crippen LogP contribution in [0.2, 0.25) is 0 Å². The van der Waals surface area contributed by atoms with Gasteiger partial charge in [0.25, 0.3) is 5.91 Å². The molecule has 0 aliphatic rings. The number of benzene rings is 1. The maximum absolute atomic E-state index is 13.6. The first-order valence-corrected chi connectivity index (χ1v) is 10.9. The zero-order chi connectivity index (χ0) is 24.1. The molecule has 0 spiro atoms. The van der Waals surface area contributed by atoms with Gasteiger partial charge >= 0.3 is 5.97 Å². The van der Waals surface area contributed by atoms with E-state index in [2.05, 4.69) is 9.97 Å². The van der Waals surface area contributed by atoms with E-state index >= 15 is 0 Å². The van der Waals surface area contributed by atoms with Crippen LogP contribution in [0.1, 0.15) is 67.4 Å². The normalized spacial score (nSPS) is 11.7. The molecule has 0 bridgehead atoms. The first-order chi connectivity index (χ1) is 15.7. The fourth-order valence-electron chi connectivity index (χ4n) is 3.81. The lowest BCUT2D eigenvalue weighted by atomic mass is 9.98. The van der Waals surface area contributed by atoms with E-state index in [0.717, 1.165) is 11.1 Å². The second kappa shape index (κ2) is 10.3. The van der Waals surface area contributed by atoms with Crippen LogP contribution in [0.25, 0.3) is 0 Å². The average molecular weight is 448 g/mol. The maximum Gasteiger partial charge on any atom is 0.355 e. The van der Waals surface area contributed by atoms with Gasteiger partial charge in [-0.25, -0.2) is 4.79 Å². The van der Waals surface area contributed by atoms with E-state index in [0.29, 0.717) is 22.4 Å². The summed E-state index contributed by atoms with van der Waals surface area (Å²) < 4.78 is 5.10. The highest BCUT2D eigenvalue weighted by Gasteiger charge is 2.32. The molecular weight excluding hydrogens is 418 g/mol. The van der Waals surface area contributed by atoms with Crippen LogP contribution >= 0.6 is 0 Å². The van der Waals surface area contributed by atoms with Gasteiger partial charge in [0.1, 0.15) is 5.69 Å². The first kappa shape index (κ1) is 23.9. The second-order valence-corrected chi connectivity index (χ2v) is 8.05. The van der Waals surface area contributed by atoms with Crippen molar-refractivity contribution in [3.8, 4) is 0 Å². The Morgan fingerprint density at radius 3 is 2.39 bits per heavy atom. The van der Waals surface area contributed by atoms with Crippen LogP contribution in [0.4, 0.5) is 0 Å². The molecule has 1 unspecified atom stereocenters. The summed E-state index contributed by atoms with van der Waals surface area (Å²) in [6.45, 7) is 9.30. The number of pyridine rings is 1. The van der Waals surface area contributed by atoms with Gasteiger partial charge in [0.15, 0.2) is 5.78 Å². The molecule has 1 N–H and O–H groups in total. The molecule has 0 fully saturated rings. The molecule has 7 heteroatoms. The Morgan fingerprint density at radius 1 is 1.09 bits per heavy atom. The third-order valence-corrected chi connectivity index (χ3v) is 5.65. The number of hydrogen-bond donors (Lipinski definition) is 1. The van der Waals surface area contributed by atoms with Gasteiger partial charge in [-0.2, -0.15) is 0 Å². The molecule has 1 aromatic carbocycles. The number of carbonyl (C=O) groups is 3. The minimum atomic E-state index is -0.776. The van der Waals surface area contributed by atoms with Crippen LogP contribution in [-0.2, 0) is 11.3 Å². The molecule has 0 saturated heterocycles. The van der Waals surface area contributed by atoms with Crippen molar-refractivity contribution in [1.29, 1.82) is 0 Å². The van der Waals surface area contributed by atoms with Gasteiger partial charge in [-0.3, -0.25) is 14.6 Å².